The van der Waals surface area contributed by atoms with E-state index in [1.54, 1.807) is 28.4 Å². The first-order chi connectivity index (χ1) is 31.2. The summed E-state index contributed by atoms with van der Waals surface area (Å²) in [6, 6.07) is 16.6. The summed E-state index contributed by atoms with van der Waals surface area (Å²) in [5, 5.41) is 29.5. The van der Waals surface area contributed by atoms with Crippen molar-refractivity contribution in [3.05, 3.63) is 115 Å². The quantitative estimate of drug-likeness (QED) is 0.102. The van der Waals surface area contributed by atoms with Gasteiger partial charge in [0.15, 0.2) is 5.79 Å². The van der Waals surface area contributed by atoms with E-state index in [0.717, 1.165) is 67.5 Å². The standard InChI is InChI=1S/C59H86O8/c1-31(2)43-23-39(24-44(32(3)4)51(43)62-19)58(60,40-25-45(33(5)6)52(63-20)46(26-40)34(7)8)55-56(67-57(17,18)66-55)59(61,41-27-47(35(9)10)53(64-21)48(28-41)36(11)12)42-29-49(37(13)14)54(65-22)50(30-42)38(15)16/h23-38,55-56,60-61H,1-22H3. The number of benzene rings is 4. The summed E-state index contributed by atoms with van der Waals surface area (Å²) in [6.45, 7) is 38.1. The molecule has 0 aromatic heterocycles. The van der Waals surface area contributed by atoms with Gasteiger partial charge in [0, 0.05) is 0 Å². The molecule has 67 heavy (non-hydrogen) atoms. The number of hydrogen-bond acceptors (Lipinski definition) is 8. The van der Waals surface area contributed by atoms with Crippen LogP contribution in [0, 0.1) is 0 Å². The molecule has 1 aliphatic rings. The molecule has 0 bridgehead atoms. The summed E-state index contributed by atoms with van der Waals surface area (Å²) in [5.74, 6) is 2.27. The minimum absolute atomic E-state index is 0.0429. The predicted molar refractivity (Wildman–Crippen MR) is 275 cm³/mol. The highest BCUT2D eigenvalue weighted by molar-refractivity contribution is 5.59. The Morgan fingerprint density at radius 2 is 0.507 bits per heavy atom. The Morgan fingerprint density at radius 1 is 0.358 bits per heavy atom. The molecule has 2 unspecified atom stereocenters. The van der Waals surface area contributed by atoms with Crippen molar-refractivity contribution in [2.45, 2.75) is 201 Å². The average Bonchev–Trinajstić information content (AvgIpc) is 3.61. The molecule has 0 saturated carbocycles. The van der Waals surface area contributed by atoms with E-state index in [2.05, 4.69) is 159 Å². The van der Waals surface area contributed by atoms with E-state index in [9.17, 15) is 10.2 Å². The summed E-state index contributed by atoms with van der Waals surface area (Å²) >= 11 is 0. The van der Waals surface area contributed by atoms with Crippen molar-refractivity contribution in [3.63, 3.8) is 0 Å². The average molecular weight is 923 g/mol. The largest absolute Gasteiger partial charge is 0.496 e. The zero-order valence-corrected chi connectivity index (χ0v) is 45.2. The van der Waals surface area contributed by atoms with E-state index in [1.807, 2.05) is 13.8 Å². The molecule has 4 aromatic carbocycles. The first kappa shape index (κ1) is 53.9. The maximum absolute atomic E-state index is 14.8. The molecule has 4 aromatic rings. The van der Waals surface area contributed by atoms with Crippen molar-refractivity contribution < 1.29 is 38.6 Å². The van der Waals surface area contributed by atoms with Crippen LogP contribution in [0.25, 0.3) is 0 Å². The molecule has 2 atom stereocenters. The van der Waals surface area contributed by atoms with E-state index in [-0.39, 0.29) is 47.3 Å². The Hall–Kier alpha value is -4.08. The summed E-state index contributed by atoms with van der Waals surface area (Å²) in [5.41, 5.74) is 6.31. The summed E-state index contributed by atoms with van der Waals surface area (Å²) in [7, 11) is 6.87. The monoisotopic (exact) mass is 923 g/mol. The summed E-state index contributed by atoms with van der Waals surface area (Å²) in [4.78, 5) is 0. The van der Waals surface area contributed by atoms with Gasteiger partial charge in [-0.3, -0.25) is 0 Å². The molecule has 0 aliphatic carbocycles. The third-order valence-corrected chi connectivity index (χ3v) is 14.1. The van der Waals surface area contributed by atoms with Crippen molar-refractivity contribution in [2.75, 3.05) is 28.4 Å². The van der Waals surface area contributed by atoms with Crippen molar-refractivity contribution in [3.8, 4) is 23.0 Å². The maximum Gasteiger partial charge on any atom is 0.164 e. The van der Waals surface area contributed by atoms with E-state index in [1.165, 1.54) is 0 Å². The Labute approximate surface area is 405 Å². The topological polar surface area (TPSA) is 95.8 Å². The zero-order valence-electron chi connectivity index (χ0n) is 45.2. The van der Waals surface area contributed by atoms with Gasteiger partial charge in [0.1, 0.15) is 46.4 Å². The van der Waals surface area contributed by atoms with Crippen molar-refractivity contribution in [1.29, 1.82) is 0 Å². The molecular formula is C59H86O8. The lowest BCUT2D eigenvalue weighted by Crippen LogP contribution is -2.55. The Balaban J connectivity index is 2.11. The van der Waals surface area contributed by atoms with E-state index in [4.69, 9.17) is 28.4 Å². The number of hydrogen-bond donors (Lipinski definition) is 2. The van der Waals surface area contributed by atoms with Crippen molar-refractivity contribution >= 4 is 0 Å². The second-order valence-electron chi connectivity index (χ2n) is 22.0. The van der Waals surface area contributed by atoms with E-state index in [0.29, 0.717) is 22.3 Å². The van der Waals surface area contributed by atoms with Crippen LogP contribution in [0.4, 0.5) is 0 Å². The molecule has 2 N–H and O–H groups in total. The van der Waals surface area contributed by atoms with E-state index < -0.39 is 29.2 Å². The number of ether oxygens (including phenoxy) is 6. The second kappa shape index (κ2) is 20.5. The lowest BCUT2D eigenvalue weighted by atomic mass is 9.69. The number of rotatable bonds is 18. The fourth-order valence-corrected chi connectivity index (χ4v) is 10.3. The highest BCUT2D eigenvalue weighted by Gasteiger charge is 2.62. The van der Waals surface area contributed by atoms with Gasteiger partial charge >= 0.3 is 0 Å². The fourth-order valence-electron chi connectivity index (χ4n) is 10.3. The van der Waals surface area contributed by atoms with Crippen LogP contribution in [0.15, 0.2) is 48.5 Å². The Kier molecular flexibility index (Phi) is 16.5. The summed E-state index contributed by atoms with van der Waals surface area (Å²) < 4.78 is 39.4. The number of methoxy groups -OCH3 is 4. The zero-order chi connectivity index (χ0) is 50.4. The molecule has 1 saturated heterocycles. The van der Waals surface area contributed by atoms with Gasteiger partial charge < -0.3 is 38.6 Å². The molecule has 1 fully saturated rings. The van der Waals surface area contributed by atoms with Crippen LogP contribution in [0.3, 0.4) is 0 Å². The minimum Gasteiger partial charge on any atom is -0.496 e. The van der Waals surface area contributed by atoms with Gasteiger partial charge in [0.2, 0.25) is 0 Å². The van der Waals surface area contributed by atoms with Gasteiger partial charge in [0.25, 0.3) is 0 Å². The first-order valence-corrected chi connectivity index (χ1v) is 24.9. The van der Waals surface area contributed by atoms with Gasteiger partial charge in [-0.25, -0.2) is 0 Å². The molecule has 8 nitrogen and oxygen atoms in total. The van der Waals surface area contributed by atoms with Crippen LogP contribution in [-0.2, 0) is 20.7 Å². The lowest BCUT2D eigenvalue weighted by Gasteiger charge is -2.44. The molecule has 0 radical (unpaired) electrons. The molecular weight excluding hydrogens is 837 g/mol. The van der Waals surface area contributed by atoms with Crippen LogP contribution in [0.2, 0.25) is 0 Å². The molecule has 1 aliphatic heterocycles. The van der Waals surface area contributed by atoms with Gasteiger partial charge in [-0.05, 0) is 176 Å². The first-order valence-electron chi connectivity index (χ1n) is 24.9. The Morgan fingerprint density at radius 3 is 0.627 bits per heavy atom. The van der Waals surface area contributed by atoms with Crippen molar-refractivity contribution in [1.82, 2.24) is 0 Å². The molecule has 0 amide bonds. The van der Waals surface area contributed by atoms with Gasteiger partial charge in [-0.2, -0.15) is 0 Å². The van der Waals surface area contributed by atoms with Crippen molar-refractivity contribution in [2.24, 2.45) is 0 Å². The Bertz CT molecular complexity index is 1940. The molecule has 5 rings (SSSR count). The van der Waals surface area contributed by atoms with Crippen LogP contribution in [-0.4, -0.2) is 56.6 Å². The third kappa shape index (κ3) is 9.89. The minimum atomic E-state index is -1.94. The van der Waals surface area contributed by atoms with Crippen LogP contribution >= 0.6 is 0 Å². The SMILES string of the molecule is COc1c(C(C)C)cc(C(O)(c2cc(C(C)C)c(OC)c(C(C)C)c2)C2OC(C)(C)OC2C(O)(c2cc(C(C)C)c(OC)c(C(C)C)c2)c2cc(C(C)C)c(OC)c(C(C)C)c2)cc1C(C)C. The molecule has 0 spiro atoms. The van der Waals surface area contributed by atoms with Crippen LogP contribution < -0.4 is 18.9 Å². The smallest absolute Gasteiger partial charge is 0.164 e. The molecule has 8 heteroatoms. The summed E-state index contributed by atoms with van der Waals surface area (Å²) in [6.07, 6.45) is -2.40. The van der Waals surface area contributed by atoms with Gasteiger partial charge in [0.05, 0.1) is 28.4 Å². The predicted octanol–water partition coefficient (Wildman–Crippen LogP) is 14.4. The maximum atomic E-state index is 14.8. The van der Waals surface area contributed by atoms with Crippen LogP contribution in [0.1, 0.15) is 239 Å². The highest BCUT2D eigenvalue weighted by atomic mass is 16.8. The fraction of sp³-hybridized carbons (Fsp3) is 0.593. The molecule has 370 valence electrons. The highest BCUT2D eigenvalue weighted by Crippen LogP contribution is 2.55. The van der Waals surface area contributed by atoms with Gasteiger partial charge in [-0.1, -0.05) is 111 Å². The van der Waals surface area contributed by atoms with Gasteiger partial charge in [-0.15, -0.1) is 0 Å². The number of aliphatic hydroxyl groups is 2. The second-order valence-corrected chi connectivity index (χ2v) is 22.0. The third-order valence-electron chi connectivity index (χ3n) is 14.1. The van der Waals surface area contributed by atoms with Crippen LogP contribution in [0.5, 0.6) is 23.0 Å². The lowest BCUT2D eigenvalue weighted by molar-refractivity contribution is -0.172. The normalized spacial score (nSPS) is 16.8. The molecule has 1 heterocycles. The van der Waals surface area contributed by atoms with E-state index >= 15 is 0 Å².